The summed E-state index contributed by atoms with van der Waals surface area (Å²) in [6.07, 6.45) is 11.0. The van der Waals surface area contributed by atoms with Crippen molar-refractivity contribution in [2.45, 2.75) is 63.1 Å². The molecular formula is C28H32N2O2. The SMILES string of the molecule is O=C(/C=C/C(=O)c1ccccc1)NC1CCC(CCN2[C@@H]3CC[C@H]2c2ccccc23)CC1. The van der Waals surface area contributed by atoms with Crippen molar-refractivity contribution in [2.75, 3.05) is 6.54 Å². The van der Waals surface area contributed by atoms with E-state index < -0.39 is 0 Å². The Bertz CT molecular complexity index is 961. The van der Waals surface area contributed by atoms with E-state index in [4.69, 9.17) is 0 Å². The molecular weight excluding hydrogens is 396 g/mol. The van der Waals surface area contributed by atoms with Gasteiger partial charge in [0.1, 0.15) is 0 Å². The summed E-state index contributed by atoms with van der Waals surface area (Å²) in [5.74, 6) is 0.452. The quantitative estimate of drug-likeness (QED) is 0.476. The van der Waals surface area contributed by atoms with Crippen molar-refractivity contribution < 1.29 is 9.59 Å². The number of carbonyl (C=O) groups is 2. The van der Waals surface area contributed by atoms with Crippen molar-refractivity contribution in [2.24, 2.45) is 5.92 Å². The summed E-state index contributed by atoms with van der Waals surface area (Å²) in [6, 6.07) is 19.6. The lowest BCUT2D eigenvalue weighted by atomic mass is 9.84. The van der Waals surface area contributed by atoms with Gasteiger partial charge in [-0.1, -0.05) is 54.6 Å². The van der Waals surface area contributed by atoms with Crippen LogP contribution in [0.5, 0.6) is 0 Å². The van der Waals surface area contributed by atoms with Crippen LogP contribution in [0.2, 0.25) is 0 Å². The molecule has 1 saturated heterocycles. The summed E-state index contributed by atoms with van der Waals surface area (Å²) in [4.78, 5) is 27.1. The summed E-state index contributed by atoms with van der Waals surface area (Å²) < 4.78 is 0. The van der Waals surface area contributed by atoms with Gasteiger partial charge < -0.3 is 5.32 Å². The van der Waals surface area contributed by atoms with Gasteiger partial charge in [0.05, 0.1) is 0 Å². The summed E-state index contributed by atoms with van der Waals surface area (Å²) in [7, 11) is 0. The van der Waals surface area contributed by atoms with Gasteiger partial charge >= 0.3 is 0 Å². The lowest BCUT2D eigenvalue weighted by Crippen LogP contribution is -2.37. The van der Waals surface area contributed by atoms with Crippen molar-refractivity contribution in [3.05, 3.63) is 83.4 Å². The number of ketones is 1. The molecule has 2 aromatic rings. The standard InChI is InChI=1S/C28H32N2O2/c31-27(21-6-2-1-3-7-21)16-17-28(32)29-22-12-10-20(11-13-22)18-19-30-25-14-15-26(30)24-9-5-4-8-23(24)25/h1-9,16-17,20,22,25-26H,10-15,18-19H2,(H,29,32)/b17-16+/t20?,22?,25-,26+. The van der Waals surface area contributed by atoms with E-state index in [1.165, 1.54) is 50.8 Å². The molecule has 0 unspecified atom stereocenters. The number of fused-ring (bicyclic) bond motifs is 5. The smallest absolute Gasteiger partial charge is 0.244 e. The number of hydrogen-bond donors (Lipinski definition) is 1. The van der Waals surface area contributed by atoms with E-state index in [0.717, 1.165) is 18.8 Å². The van der Waals surface area contributed by atoms with Crippen LogP contribution in [0.1, 0.15) is 78.5 Å². The average molecular weight is 429 g/mol. The highest BCUT2D eigenvalue weighted by Gasteiger charge is 2.43. The fourth-order valence-corrected chi connectivity index (χ4v) is 5.99. The molecule has 2 bridgehead atoms. The third-order valence-electron chi connectivity index (χ3n) is 7.66. The molecule has 1 N–H and O–H groups in total. The number of hydrogen-bond acceptors (Lipinski definition) is 3. The molecule has 0 spiro atoms. The summed E-state index contributed by atoms with van der Waals surface area (Å²) >= 11 is 0. The summed E-state index contributed by atoms with van der Waals surface area (Å²) in [5.41, 5.74) is 3.73. The van der Waals surface area contributed by atoms with Crippen molar-refractivity contribution in [3.8, 4) is 0 Å². The zero-order valence-electron chi connectivity index (χ0n) is 18.6. The van der Waals surface area contributed by atoms with Gasteiger partial charge in [-0.3, -0.25) is 14.5 Å². The summed E-state index contributed by atoms with van der Waals surface area (Å²) in [6.45, 7) is 1.19. The fourth-order valence-electron chi connectivity index (χ4n) is 5.99. The molecule has 1 aliphatic carbocycles. The second-order valence-electron chi connectivity index (χ2n) is 9.55. The van der Waals surface area contributed by atoms with Crippen molar-refractivity contribution >= 4 is 11.7 Å². The van der Waals surface area contributed by atoms with Crippen LogP contribution in [-0.4, -0.2) is 29.2 Å². The van der Waals surface area contributed by atoms with Gasteiger partial charge in [0.15, 0.2) is 5.78 Å². The minimum absolute atomic E-state index is 0.137. The van der Waals surface area contributed by atoms with Crippen LogP contribution < -0.4 is 5.32 Å². The van der Waals surface area contributed by atoms with Gasteiger partial charge in [0.2, 0.25) is 5.91 Å². The first-order chi connectivity index (χ1) is 15.7. The minimum atomic E-state index is -0.163. The predicted octanol–water partition coefficient (Wildman–Crippen LogP) is 5.38. The van der Waals surface area contributed by atoms with Crippen LogP contribution in [0.15, 0.2) is 66.7 Å². The first kappa shape index (κ1) is 21.1. The van der Waals surface area contributed by atoms with Crippen LogP contribution in [0.3, 0.4) is 0 Å². The first-order valence-corrected chi connectivity index (χ1v) is 12.1. The Morgan fingerprint density at radius 2 is 1.44 bits per heavy atom. The molecule has 2 aliphatic heterocycles. The maximum Gasteiger partial charge on any atom is 0.244 e. The Hall–Kier alpha value is -2.72. The highest BCUT2D eigenvalue weighted by atomic mass is 16.1. The maximum atomic E-state index is 12.3. The van der Waals surface area contributed by atoms with Gasteiger partial charge in [0.25, 0.3) is 0 Å². The van der Waals surface area contributed by atoms with Gasteiger partial charge in [-0.05, 0) is 74.6 Å². The van der Waals surface area contributed by atoms with Crippen LogP contribution in [0.4, 0.5) is 0 Å². The molecule has 4 heteroatoms. The fraction of sp³-hybridized carbons (Fsp3) is 0.429. The van der Waals surface area contributed by atoms with E-state index in [2.05, 4.69) is 34.5 Å². The van der Waals surface area contributed by atoms with Crippen LogP contribution in [0, 0.1) is 5.92 Å². The molecule has 0 aromatic heterocycles. The number of allylic oxidation sites excluding steroid dienone is 1. The topological polar surface area (TPSA) is 49.4 Å². The van der Waals surface area contributed by atoms with Crippen LogP contribution in [-0.2, 0) is 4.79 Å². The monoisotopic (exact) mass is 428 g/mol. The summed E-state index contributed by atoms with van der Waals surface area (Å²) in [5, 5.41) is 3.09. The largest absolute Gasteiger partial charge is 0.350 e. The second kappa shape index (κ2) is 9.41. The molecule has 2 fully saturated rings. The Labute approximate surface area is 190 Å². The first-order valence-electron chi connectivity index (χ1n) is 12.1. The van der Waals surface area contributed by atoms with E-state index in [1.807, 2.05) is 18.2 Å². The van der Waals surface area contributed by atoms with Crippen molar-refractivity contribution in [1.82, 2.24) is 10.2 Å². The minimum Gasteiger partial charge on any atom is -0.350 e. The van der Waals surface area contributed by atoms with E-state index in [1.54, 1.807) is 23.3 Å². The Balaban J connectivity index is 1.05. The molecule has 2 heterocycles. The molecule has 2 aromatic carbocycles. The molecule has 2 atom stereocenters. The third-order valence-corrected chi connectivity index (χ3v) is 7.66. The zero-order chi connectivity index (χ0) is 21.9. The van der Waals surface area contributed by atoms with E-state index in [9.17, 15) is 9.59 Å². The zero-order valence-corrected chi connectivity index (χ0v) is 18.6. The van der Waals surface area contributed by atoms with Gasteiger partial charge in [-0.25, -0.2) is 0 Å². The molecule has 166 valence electrons. The van der Waals surface area contributed by atoms with Crippen molar-refractivity contribution in [1.29, 1.82) is 0 Å². The molecule has 1 saturated carbocycles. The number of benzene rings is 2. The normalized spacial score (nSPS) is 26.9. The van der Waals surface area contributed by atoms with Crippen LogP contribution in [0.25, 0.3) is 0 Å². The van der Waals surface area contributed by atoms with Gasteiger partial charge in [-0.15, -0.1) is 0 Å². The Morgan fingerprint density at radius 3 is 2.09 bits per heavy atom. The average Bonchev–Trinajstić information content (AvgIpc) is 3.39. The van der Waals surface area contributed by atoms with Gasteiger partial charge in [-0.2, -0.15) is 0 Å². The number of nitrogens with one attached hydrogen (secondary N) is 1. The predicted molar refractivity (Wildman–Crippen MR) is 126 cm³/mol. The Kier molecular flexibility index (Phi) is 6.22. The molecule has 4 nitrogen and oxygen atoms in total. The molecule has 1 amide bonds. The highest BCUT2D eigenvalue weighted by molar-refractivity contribution is 6.07. The number of rotatable bonds is 7. The van der Waals surface area contributed by atoms with Crippen molar-refractivity contribution in [3.63, 3.8) is 0 Å². The maximum absolute atomic E-state index is 12.3. The van der Waals surface area contributed by atoms with E-state index in [0.29, 0.717) is 17.6 Å². The van der Waals surface area contributed by atoms with Gasteiger partial charge in [0, 0.05) is 29.8 Å². The highest BCUT2D eigenvalue weighted by Crippen LogP contribution is 2.53. The number of carbonyl (C=O) groups excluding carboxylic acids is 2. The Morgan fingerprint density at radius 1 is 0.812 bits per heavy atom. The second-order valence-corrected chi connectivity index (χ2v) is 9.55. The lowest BCUT2D eigenvalue weighted by Gasteiger charge is -2.31. The van der Waals surface area contributed by atoms with E-state index >= 15 is 0 Å². The van der Waals surface area contributed by atoms with E-state index in [-0.39, 0.29) is 17.7 Å². The number of amides is 1. The number of nitrogens with zero attached hydrogens (tertiary/aromatic N) is 1. The molecule has 0 radical (unpaired) electrons. The lowest BCUT2D eigenvalue weighted by molar-refractivity contribution is -0.117. The molecule has 3 aliphatic rings. The molecule has 32 heavy (non-hydrogen) atoms. The third kappa shape index (κ3) is 4.42. The molecule has 5 rings (SSSR count). The van der Waals surface area contributed by atoms with Crippen LogP contribution >= 0.6 is 0 Å².